The van der Waals surface area contributed by atoms with Gasteiger partial charge in [-0.1, -0.05) is 17.7 Å². The molecule has 0 aliphatic rings. The number of carboxylic acids is 1. The number of hydrogen-bond acceptors (Lipinski definition) is 3. The summed E-state index contributed by atoms with van der Waals surface area (Å²) in [5, 5.41) is 12.3. The summed E-state index contributed by atoms with van der Waals surface area (Å²) in [7, 11) is 1.53. The maximum absolute atomic E-state index is 13.9. The lowest BCUT2D eigenvalue weighted by Crippen LogP contribution is -2.21. The van der Waals surface area contributed by atoms with Crippen LogP contribution in [0.1, 0.15) is 11.6 Å². The predicted octanol–water partition coefficient (Wildman–Crippen LogP) is 3.73. The number of hydrogen-bond donors (Lipinski definition) is 2. The zero-order chi connectivity index (χ0) is 15.4. The van der Waals surface area contributed by atoms with Gasteiger partial charge in [0, 0.05) is 16.3 Å². The Balaban J connectivity index is 2.28. The Morgan fingerprint density at radius 1 is 1.29 bits per heavy atom. The molecule has 0 aliphatic heterocycles. The van der Waals surface area contributed by atoms with Crippen LogP contribution in [0.4, 0.5) is 10.1 Å². The number of carboxylic acid groups (broad SMARTS) is 1. The Morgan fingerprint density at radius 2 is 1.95 bits per heavy atom. The first-order valence-electron chi connectivity index (χ1n) is 6.09. The molecule has 1 atom stereocenters. The molecule has 0 amide bonds. The van der Waals surface area contributed by atoms with Crippen LogP contribution in [-0.4, -0.2) is 18.2 Å². The number of carbonyl (C=O) groups is 1. The second-order valence-corrected chi connectivity index (χ2v) is 4.75. The third-order valence-corrected chi connectivity index (χ3v) is 3.16. The molecule has 0 fully saturated rings. The van der Waals surface area contributed by atoms with Gasteiger partial charge >= 0.3 is 5.97 Å². The third kappa shape index (κ3) is 3.64. The van der Waals surface area contributed by atoms with E-state index in [1.807, 2.05) is 0 Å². The fourth-order valence-corrected chi connectivity index (χ4v) is 2.02. The second kappa shape index (κ2) is 6.45. The Bertz CT molecular complexity index is 646. The van der Waals surface area contributed by atoms with E-state index in [1.165, 1.54) is 19.2 Å². The highest BCUT2D eigenvalue weighted by Crippen LogP contribution is 2.25. The largest absolute Gasteiger partial charge is 0.497 e. The molecule has 4 nitrogen and oxygen atoms in total. The van der Waals surface area contributed by atoms with E-state index in [-0.39, 0.29) is 10.6 Å². The van der Waals surface area contributed by atoms with Gasteiger partial charge in [-0.3, -0.25) is 0 Å². The molecule has 0 bridgehead atoms. The number of nitrogens with one attached hydrogen (secondary N) is 1. The fraction of sp³-hybridized carbons (Fsp3) is 0.133. The third-order valence-electron chi connectivity index (χ3n) is 2.92. The monoisotopic (exact) mass is 309 g/mol. The lowest BCUT2D eigenvalue weighted by molar-refractivity contribution is -0.138. The summed E-state index contributed by atoms with van der Waals surface area (Å²) in [6.45, 7) is 0. The standard InChI is InChI=1S/C15H13ClFNO3/c1-21-11-5-3-10(4-6-11)18-14(15(19)20)12-7-2-9(16)8-13(12)17/h2-8,14,18H,1H3,(H,19,20). The van der Waals surface area contributed by atoms with Gasteiger partial charge in [0.2, 0.25) is 0 Å². The summed E-state index contributed by atoms with van der Waals surface area (Å²) < 4.78 is 18.9. The smallest absolute Gasteiger partial charge is 0.330 e. The average molecular weight is 310 g/mol. The molecular formula is C15H13ClFNO3. The van der Waals surface area contributed by atoms with E-state index in [1.54, 1.807) is 24.3 Å². The Kier molecular flexibility index (Phi) is 4.65. The van der Waals surface area contributed by atoms with Crippen molar-refractivity contribution in [3.05, 3.63) is 58.9 Å². The number of halogens is 2. The van der Waals surface area contributed by atoms with E-state index in [0.29, 0.717) is 11.4 Å². The molecule has 6 heteroatoms. The van der Waals surface area contributed by atoms with Crippen LogP contribution < -0.4 is 10.1 Å². The molecule has 0 saturated heterocycles. The molecule has 2 aromatic carbocycles. The maximum atomic E-state index is 13.9. The first kappa shape index (κ1) is 15.1. The first-order valence-corrected chi connectivity index (χ1v) is 6.47. The molecule has 21 heavy (non-hydrogen) atoms. The summed E-state index contributed by atoms with van der Waals surface area (Å²) in [5.74, 6) is -1.21. The van der Waals surface area contributed by atoms with Gasteiger partial charge in [0.15, 0.2) is 6.04 Å². The quantitative estimate of drug-likeness (QED) is 0.883. The summed E-state index contributed by atoms with van der Waals surface area (Å²) in [4.78, 5) is 11.4. The molecule has 2 aromatic rings. The van der Waals surface area contributed by atoms with Crippen LogP contribution >= 0.6 is 11.6 Å². The van der Waals surface area contributed by atoms with Gasteiger partial charge in [0.05, 0.1) is 7.11 Å². The van der Waals surface area contributed by atoms with Crippen LogP contribution in [0.15, 0.2) is 42.5 Å². The highest BCUT2D eigenvalue weighted by Gasteiger charge is 2.23. The molecule has 2 N–H and O–H groups in total. The van der Waals surface area contributed by atoms with E-state index in [9.17, 15) is 14.3 Å². The van der Waals surface area contributed by atoms with Crippen molar-refractivity contribution in [2.75, 3.05) is 12.4 Å². The Morgan fingerprint density at radius 3 is 2.48 bits per heavy atom. The van der Waals surface area contributed by atoms with E-state index in [4.69, 9.17) is 16.3 Å². The predicted molar refractivity (Wildman–Crippen MR) is 78.4 cm³/mol. The van der Waals surface area contributed by atoms with Crippen molar-refractivity contribution in [2.45, 2.75) is 6.04 Å². The van der Waals surface area contributed by atoms with Gasteiger partial charge in [0.1, 0.15) is 11.6 Å². The van der Waals surface area contributed by atoms with Crippen LogP contribution in [0.25, 0.3) is 0 Å². The summed E-state index contributed by atoms with van der Waals surface area (Å²) in [6, 6.07) is 9.35. The number of benzene rings is 2. The highest BCUT2D eigenvalue weighted by molar-refractivity contribution is 6.30. The van der Waals surface area contributed by atoms with E-state index >= 15 is 0 Å². The lowest BCUT2D eigenvalue weighted by atomic mass is 10.1. The minimum atomic E-state index is -1.21. The van der Waals surface area contributed by atoms with Crippen LogP contribution in [0.3, 0.4) is 0 Å². The van der Waals surface area contributed by atoms with Crippen molar-refractivity contribution in [1.82, 2.24) is 0 Å². The Labute approximate surface area is 126 Å². The first-order chi connectivity index (χ1) is 10.0. The van der Waals surface area contributed by atoms with Gasteiger partial charge in [-0.25, -0.2) is 9.18 Å². The van der Waals surface area contributed by atoms with E-state index in [0.717, 1.165) is 6.07 Å². The molecule has 2 rings (SSSR count). The molecule has 0 aromatic heterocycles. The van der Waals surface area contributed by atoms with Crippen molar-refractivity contribution in [2.24, 2.45) is 0 Å². The van der Waals surface area contributed by atoms with Crippen molar-refractivity contribution in [3.8, 4) is 5.75 Å². The number of ether oxygens (including phenoxy) is 1. The van der Waals surface area contributed by atoms with Gasteiger partial charge in [0.25, 0.3) is 0 Å². The lowest BCUT2D eigenvalue weighted by Gasteiger charge is -2.17. The molecule has 0 heterocycles. The topological polar surface area (TPSA) is 58.6 Å². The zero-order valence-electron chi connectivity index (χ0n) is 11.1. The van der Waals surface area contributed by atoms with E-state index in [2.05, 4.69) is 5.32 Å². The minimum Gasteiger partial charge on any atom is -0.497 e. The van der Waals surface area contributed by atoms with Crippen LogP contribution in [0.5, 0.6) is 5.75 Å². The van der Waals surface area contributed by atoms with Gasteiger partial charge in [-0.15, -0.1) is 0 Å². The van der Waals surface area contributed by atoms with Crippen LogP contribution in [0, 0.1) is 5.82 Å². The molecule has 0 radical (unpaired) electrons. The Hall–Kier alpha value is -2.27. The summed E-state index contributed by atoms with van der Waals surface area (Å²) >= 11 is 5.67. The second-order valence-electron chi connectivity index (χ2n) is 4.31. The van der Waals surface area contributed by atoms with Crippen LogP contribution in [0.2, 0.25) is 5.02 Å². The van der Waals surface area contributed by atoms with Gasteiger partial charge in [-0.2, -0.15) is 0 Å². The number of anilines is 1. The normalized spacial score (nSPS) is 11.8. The van der Waals surface area contributed by atoms with Gasteiger partial charge < -0.3 is 15.2 Å². The number of methoxy groups -OCH3 is 1. The highest BCUT2D eigenvalue weighted by atomic mass is 35.5. The summed E-state index contributed by atoms with van der Waals surface area (Å²) in [6.07, 6.45) is 0. The molecule has 110 valence electrons. The summed E-state index contributed by atoms with van der Waals surface area (Å²) in [5.41, 5.74) is 0.556. The minimum absolute atomic E-state index is 0.0164. The number of aliphatic carboxylic acids is 1. The number of rotatable bonds is 5. The van der Waals surface area contributed by atoms with Crippen molar-refractivity contribution >= 4 is 23.3 Å². The molecule has 0 saturated carbocycles. The van der Waals surface area contributed by atoms with Crippen molar-refractivity contribution in [1.29, 1.82) is 0 Å². The van der Waals surface area contributed by atoms with E-state index < -0.39 is 17.8 Å². The van der Waals surface area contributed by atoms with Crippen molar-refractivity contribution < 1.29 is 19.0 Å². The molecule has 0 aliphatic carbocycles. The average Bonchev–Trinajstić information content (AvgIpc) is 2.46. The van der Waals surface area contributed by atoms with Crippen molar-refractivity contribution in [3.63, 3.8) is 0 Å². The zero-order valence-corrected chi connectivity index (χ0v) is 11.9. The fourth-order valence-electron chi connectivity index (χ4n) is 1.86. The molecule has 0 spiro atoms. The molecule has 1 unspecified atom stereocenters. The van der Waals surface area contributed by atoms with Crippen LogP contribution in [-0.2, 0) is 4.79 Å². The SMILES string of the molecule is COc1ccc(NC(C(=O)O)c2ccc(Cl)cc2F)cc1. The van der Waals surface area contributed by atoms with Gasteiger partial charge in [-0.05, 0) is 36.4 Å². The maximum Gasteiger partial charge on any atom is 0.330 e. The molecular weight excluding hydrogens is 297 g/mol.